The zero-order valence-electron chi connectivity index (χ0n) is 18.4. The van der Waals surface area contributed by atoms with E-state index >= 15 is 0 Å². The zero-order valence-corrected chi connectivity index (χ0v) is 19.2. The van der Waals surface area contributed by atoms with Crippen molar-refractivity contribution in [1.82, 2.24) is 15.4 Å². The van der Waals surface area contributed by atoms with Gasteiger partial charge in [0.05, 0.1) is 19.3 Å². The van der Waals surface area contributed by atoms with Crippen molar-refractivity contribution in [2.24, 2.45) is 5.92 Å². The second kappa shape index (κ2) is 8.85. The Bertz CT molecular complexity index is 1240. The summed E-state index contributed by atoms with van der Waals surface area (Å²) in [6, 6.07) is 16.8. The van der Waals surface area contributed by atoms with Crippen molar-refractivity contribution >= 4 is 43.8 Å². The average molecular weight is 462 g/mol. The van der Waals surface area contributed by atoms with E-state index in [1.165, 1.54) is 10.1 Å². The van der Waals surface area contributed by atoms with Gasteiger partial charge in [0.15, 0.2) is 5.82 Å². The largest absolute Gasteiger partial charge is 0.387 e. The molecule has 170 valence electrons. The topological polar surface area (TPSA) is 74.6 Å². The molecule has 2 atom stereocenters. The third-order valence-electron chi connectivity index (χ3n) is 6.83. The standard InChI is InChI=1S/C25H27N5O2S/c31-24(23-14-17-4-1-2-6-22(17)33-23)18-5-3-9-30(16-18)25-20-8-7-19(15-21(20)26-28-27-25)29-10-12-32-13-11-29/h1-2,4,6-8,14-15,18,24,31H,3,5,9-13,16H2/t18-,24+/m0/s1. The van der Waals surface area contributed by atoms with Crippen molar-refractivity contribution in [3.63, 3.8) is 0 Å². The van der Waals surface area contributed by atoms with Crippen LogP contribution in [0.1, 0.15) is 23.8 Å². The number of hydrogen-bond acceptors (Lipinski definition) is 8. The monoisotopic (exact) mass is 461 g/mol. The molecule has 4 aromatic rings. The van der Waals surface area contributed by atoms with Crippen molar-refractivity contribution in [2.45, 2.75) is 18.9 Å². The van der Waals surface area contributed by atoms with E-state index in [-0.39, 0.29) is 5.92 Å². The molecule has 2 aliphatic rings. The summed E-state index contributed by atoms with van der Waals surface area (Å²) in [4.78, 5) is 5.64. The Labute approximate surface area is 196 Å². The summed E-state index contributed by atoms with van der Waals surface area (Å²) in [6.45, 7) is 4.95. The molecule has 2 fully saturated rings. The number of aliphatic hydroxyl groups excluding tert-OH is 1. The zero-order chi connectivity index (χ0) is 22.2. The molecule has 2 aromatic heterocycles. The van der Waals surface area contributed by atoms with E-state index in [9.17, 15) is 5.11 Å². The van der Waals surface area contributed by atoms with E-state index in [1.54, 1.807) is 11.3 Å². The first-order valence-corrected chi connectivity index (χ1v) is 12.5. The maximum Gasteiger partial charge on any atom is 0.162 e. The quantitative estimate of drug-likeness (QED) is 0.492. The second-order valence-corrected chi connectivity index (χ2v) is 10.0. The Hall–Kier alpha value is -2.81. The lowest BCUT2D eigenvalue weighted by atomic mass is 9.91. The van der Waals surface area contributed by atoms with Gasteiger partial charge in [-0.3, -0.25) is 0 Å². The Morgan fingerprint density at radius 2 is 1.88 bits per heavy atom. The summed E-state index contributed by atoms with van der Waals surface area (Å²) >= 11 is 1.69. The van der Waals surface area contributed by atoms with Gasteiger partial charge in [-0.25, -0.2) is 0 Å². The number of aliphatic hydroxyl groups is 1. The van der Waals surface area contributed by atoms with Crippen molar-refractivity contribution in [3.8, 4) is 0 Å². The highest BCUT2D eigenvalue weighted by Crippen LogP contribution is 2.38. The lowest BCUT2D eigenvalue weighted by molar-refractivity contribution is 0.101. The Balaban J connectivity index is 1.25. The Morgan fingerprint density at radius 3 is 2.76 bits per heavy atom. The van der Waals surface area contributed by atoms with E-state index < -0.39 is 6.10 Å². The van der Waals surface area contributed by atoms with Gasteiger partial charge in [-0.2, -0.15) is 0 Å². The van der Waals surface area contributed by atoms with Gasteiger partial charge < -0.3 is 19.6 Å². The number of nitrogens with zero attached hydrogens (tertiary/aromatic N) is 5. The van der Waals surface area contributed by atoms with Gasteiger partial charge in [0.1, 0.15) is 5.52 Å². The van der Waals surface area contributed by atoms with E-state index in [2.05, 4.69) is 67.7 Å². The maximum atomic E-state index is 11.2. The number of benzene rings is 2. The molecule has 8 heteroatoms. The van der Waals surface area contributed by atoms with Crippen LogP contribution in [0.4, 0.5) is 11.5 Å². The smallest absolute Gasteiger partial charge is 0.162 e. The van der Waals surface area contributed by atoms with Gasteiger partial charge in [-0.05, 0) is 53.8 Å². The molecule has 4 heterocycles. The number of morpholine rings is 1. The molecule has 0 saturated carbocycles. The predicted octanol–water partition coefficient (Wildman–Crippen LogP) is 4.03. The van der Waals surface area contributed by atoms with E-state index in [4.69, 9.17) is 4.74 Å². The van der Waals surface area contributed by atoms with Crippen molar-refractivity contribution in [1.29, 1.82) is 0 Å². The fourth-order valence-corrected chi connectivity index (χ4v) is 6.20. The Morgan fingerprint density at radius 1 is 1.00 bits per heavy atom. The Kier molecular flexibility index (Phi) is 5.57. The van der Waals surface area contributed by atoms with Crippen LogP contribution in [0.15, 0.2) is 48.5 Å². The number of rotatable bonds is 4. The first kappa shape index (κ1) is 20.8. The molecule has 0 amide bonds. The fraction of sp³-hybridized carbons (Fsp3) is 0.400. The number of ether oxygens (including phenoxy) is 1. The number of aromatic nitrogens is 3. The molecule has 2 aliphatic heterocycles. The van der Waals surface area contributed by atoms with E-state index in [1.807, 2.05) is 6.07 Å². The fourth-order valence-electron chi connectivity index (χ4n) is 5.05. The first-order chi connectivity index (χ1) is 16.3. The molecule has 6 rings (SSSR count). The van der Waals surface area contributed by atoms with Crippen molar-refractivity contribution < 1.29 is 9.84 Å². The van der Waals surface area contributed by atoms with Gasteiger partial charge >= 0.3 is 0 Å². The molecule has 0 spiro atoms. The molecule has 0 bridgehead atoms. The minimum Gasteiger partial charge on any atom is -0.387 e. The summed E-state index contributed by atoms with van der Waals surface area (Å²) < 4.78 is 6.70. The minimum atomic E-state index is -0.473. The van der Waals surface area contributed by atoms with E-state index in [0.717, 1.165) is 79.5 Å². The van der Waals surface area contributed by atoms with Crippen LogP contribution < -0.4 is 9.80 Å². The second-order valence-electron chi connectivity index (χ2n) is 8.89. The highest BCUT2D eigenvalue weighted by atomic mass is 32.1. The van der Waals surface area contributed by atoms with Crippen molar-refractivity contribution in [3.05, 3.63) is 53.4 Å². The molecule has 0 aliphatic carbocycles. The SMILES string of the molecule is O[C@@H](c1cc2ccccc2s1)[C@H]1CCCN(c2nnnc3cc(N4CCOCC4)ccc23)C1. The molecule has 2 saturated heterocycles. The summed E-state index contributed by atoms with van der Waals surface area (Å²) in [5.74, 6) is 1.02. The molecular formula is C25H27N5O2S. The summed E-state index contributed by atoms with van der Waals surface area (Å²) in [5.41, 5.74) is 2.00. The van der Waals surface area contributed by atoms with Crippen LogP contribution in [-0.4, -0.2) is 59.9 Å². The van der Waals surface area contributed by atoms with Gasteiger partial charge in [-0.1, -0.05) is 18.2 Å². The average Bonchev–Trinajstić information content (AvgIpc) is 3.32. The van der Waals surface area contributed by atoms with Crippen LogP contribution in [-0.2, 0) is 4.74 Å². The molecule has 7 nitrogen and oxygen atoms in total. The predicted molar refractivity (Wildman–Crippen MR) is 132 cm³/mol. The lowest BCUT2D eigenvalue weighted by Gasteiger charge is -2.35. The van der Waals surface area contributed by atoms with Gasteiger partial charge in [-0.15, -0.1) is 21.5 Å². The number of piperidine rings is 1. The third-order valence-corrected chi connectivity index (χ3v) is 8.02. The summed E-state index contributed by atoms with van der Waals surface area (Å²) in [7, 11) is 0. The van der Waals surface area contributed by atoms with Gasteiger partial charge in [0, 0.05) is 52.7 Å². The van der Waals surface area contributed by atoms with E-state index in [0.29, 0.717) is 0 Å². The number of thiophene rings is 1. The highest BCUT2D eigenvalue weighted by Gasteiger charge is 2.30. The molecule has 2 aromatic carbocycles. The van der Waals surface area contributed by atoms with Crippen LogP contribution in [0.2, 0.25) is 0 Å². The number of hydrogen-bond donors (Lipinski definition) is 1. The minimum absolute atomic E-state index is 0.157. The highest BCUT2D eigenvalue weighted by molar-refractivity contribution is 7.19. The molecule has 33 heavy (non-hydrogen) atoms. The van der Waals surface area contributed by atoms with Crippen LogP contribution in [0, 0.1) is 5.92 Å². The molecular weight excluding hydrogens is 434 g/mol. The van der Waals surface area contributed by atoms with Crippen molar-refractivity contribution in [2.75, 3.05) is 49.2 Å². The summed E-state index contributed by atoms with van der Waals surface area (Å²) in [5, 5.41) is 26.3. The van der Waals surface area contributed by atoms with Gasteiger partial charge in [0.2, 0.25) is 0 Å². The molecule has 0 radical (unpaired) electrons. The molecule has 1 N–H and O–H groups in total. The summed E-state index contributed by atoms with van der Waals surface area (Å²) in [6.07, 6.45) is 1.55. The van der Waals surface area contributed by atoms with Crippen LogP contribution >= 0.6 is 11.3 Å². The number of anilines is 2. The maximum absolute atomic E-state index is 11.2. The van der Waals surface area contributed by atoms with Gasteiger partial charge in [0.25, 0.3) is 0 Å². The van der Waals surface area contributed by atoms with Crippen LogP contribution in [0.5, 0.6) is 0 Å². The normalized spacial score (nSPS) is 20.5. The van der Waals surface area contributed by atoms with Crippen LogP contribution in [0.3, 0.4) is 0 Å². The lowest BCUT2D eigenvalue weighted by Crippen LogP contribution is -2.38. The first-order valence-electron chi connectivity index (χ1n) is 11.6. The van der Waals surface area contributed by atoms with Crippen LogP contribution in [0.25, 0.3) is 21.0 Å². The third kappa shape index (κ3) is 4.03. The number of fused-ring (bicyclic) bond motifs is 2. The molecule has 0 unspecified atom stereocenters.